The Bertz CT molecular complexity index is 649. The van der Waals surface area contributed by atoms with E-state index in [0.29, 0.717) is 0 Å². The molecule has 5 heteroatoms. The van der Waals surface area contributed by atoms with E-state index in [0.717, 1.165) is 35.0 Å². The Kier molecular flexibility index (Phi) is 3.69. The Hall–Kier alpha value is -1.88. The maximum atomic E-state index is 5.45. The number of nitrogens with one attached hydrogen (secondary N) is 1. The highest BCUT2D eigenvalue weighted by molar-refractivity contribution is 7.13. The van der Waals surface area contributed by atoms with Crippen LogP contribution >= 0.6 is 11.3 Å². The van der Waals surface area contributed by atoms with E-state index in [9.17, 15) is 0 Å². The summed E-state index contributed by atoms with van der Waals surface area (Å²) in [6.45, 7) is 1.97. The molecule has 1 heterocycles. The molecule has 0 spiro atoms. The van der Waals surface area contributed by atoms with Gasteiger partial charge in [0.15, 0.2) is 0 Å². The average molecular weight is 287 g/mol. The number of nitrogens with zero attached hydrogens (tertiary/aromatic N) is 2. The van der Waals surface area contributed by atoms with Crippen LogP contribution in [0, 0.1) is 6.92 Å². The van der Waals surface area contributed by atoms with Crippen molar-refractivity contribution in [3.63, 3.8) is 0 Å². The first-order valence-electron chi connectivity index (χ1n) is 6.67. The summed E-state index contributed by atoms with van der Waals surface area (Å²) in [5, 5.41) is 7.05. The van der Waals surface area contributed by atoms with Crippen LogP contribution in [0.5, 0.6) is 5.75 Å². The number of rotatable bonds is 4. The molecule has 0 amide bonds. The number of aryl methyl sites for hydroxylation is 3. The molecule has 104 valence electrons. The van der Waals surface area contributed by atoms with Gasteiger partial charge in [-0.3, -0.25) is 5.43 Å². The van der Waals surface area contributed by atoms with Crippen molar-refractivity contribution in [3.05, 3.63) is 39.9 Å². The predicted octanol–water partition coefficient (Wildman–Crippen LogP) is 3.39. The molecule has 0 fully saturated rings. The minimum Gasteiger partial charge on any atom is -0.496 e. The normalized spacial score (nSPS) is 13.7. The maximum absolute atomic E-state index is 5.45. The second-order valence-corrected chi connectivity index (χ2v) is 5.74. The number of benzene rings is 1. The summed E-state index contributed by atoms with van der Waals surface area (Å²) in [6, 6.07) is 4.32. The fourth-order valence-corrected chi connectivity index (χ4v) is 3.10. The maximum Gasteiger partial charge on any atom is 0.203 e. The van der Waals surface area contributed by atoms with Gasteiger partial charge in [-0.05, 0) is 49.4 Å². The zero-order valence-electron chi connectivity index (χ0n) is 11.6. The van der Waals surface area contributed by atoms with Crippen molar-refractivity contribution >= 4 is 22.7 Å². The van der Waals surface area contributed by atoms with Gasteiger partial charge in [-0.2, -0.15) is 5.10 Å². The standard InChI is InChI=1S/C15H17N3OS/c1-10-9-20-15(17-10)18-16-8-13-6-11-4-3-5-12(11)7-14(13)19-2/h6-9H,3-5H2,1-2H3,(H,17,18). The molecule has 3 rings (SSSR count). The molecule has 0 saturated heterocycles. The number of ether oxygens (including phenoxy) is 1. The molecule has 0 saturated carbocycles. The predicted molar refractivity (Wildman–Crippen MR) is 83.1 cm³/mol. The quantitative estimate of drug-likeness (QED) is 0.692. The molecule has 4 nitrogen and oxygen atoms in total. The smallest absolute Gasteiger partial charge is 0.203 e. The fourth-order valence-electron chi connectivity index (χ4n) is 2.46. The summed E-state index contributed by atoms with van der Waals surface area (Å²) in [5.41, 5.74) is 7.78. The van der Waals surface area contributed by atoms with E-state index >= 15 is 0 Å². The van der Waals surface area contributed by atoms with Crippen LogP contribution in [0.25, 0.3) is 0 Å². The fraction of sp³-hybridized carbons (Fsp3) is 0.333. The van der Waals surface area contributed by atoms with Crippen molar-refractivity contribution in [2.75, 3.05) is 12.5 Å². The van der Waals surface area contributed by atoms with Crippen LogP contribution in [-0.4, -0.2) is 18.3 Å². The summed E-state index contributed by atoms with van der Waals surface area (Å²) < 4.78 is 5.45. The molecule has 1 aromatic carbocycles. The third kappa shape index (κ3) is 2.67. The van der Waals surface area contributed by atoms with E-state index in [1.54, 1.807) is 24.7 Å². The SMILES string of the molecule is COc1cc2c(cc1C=NNc1nc(C)cs1)CCC2. The van der Waals surface area contributed by atoms with Crippen LogP contribution in [0.3, 0.4) is 0 Å². The molecule has 1 aromatic heterocycles. The molecule has 0 unspecified atom stereocenters. The van der Waals surface area contributed by atoms with E-state index in [-0.39, 0.29) is 0 Å². The van der Waals surface area contributed by atoms with Crippen LogP contribution in [0.4, 0.5) is 5.13 Å². The molecule has 0 aliphatic heterocycles. The molecular weight excluding hydrogens is 270 g/mol. The summed E-state index contributed by atoms with van der Waals surface area (Å²) in [7, 11) is 1.70. The Balaban J connectivity index is 1.79. The van der Waals surface area contributed by atoms with Gasteiger partial charge < -0.3 is 4.74 Å². The molecule has 1 aliphatic rings. The molecule has 1 aliphatic carbocycles. The minimum absolute atomic E-state index is 0.805. The lowest BCUT2D eigenvalue weighted by Crippen LogP contribution is -1.96. The van der Waals surface area contributed by atoms with E-state index in [2.05, 4.69) is 27.6 Å². The first-order chi connectivity index (χ1) is 9.76. The second-order valence-electron chi connectivity index (χ2n) is 4.88. The largest absolute Gasteiger partial charge is 0.496 e. The number of thiazole rings is 1. The van der Waals surface area contributed by atoms with Crippen LogP contribution in [0.1, 0.15) is 28.8 Å². The topological polar surface area (TPSA) is 46.5 Å². The van der Waals surface area contributed by atoms with Crippen molar-refractivity contribution in [2.45, 2.75) is 26.2 Å². The molecule has 0 bridgehead atoms. The first-order valence-corrected chi connectivity index (χ1v) is 7.55. The summed E-state index contributed by atoms with van der Waals surface area (Å²) >= 11 is 1.55. The van der Waals surface area contributed by atoms with Crippen LogP contribution in [0.2, 0.25) is 0 Å². The zero-order chi connectivity index (χ0) is 13.9. The van der Waals surface area contributed by atoms with Gasteiger partial charge in [0.1, 0.15) is 5.75 Å². The number of methoxy groups -OCH3 is 1. The van der Waals surface area contributed by atoms with Crippen molar-refractivity contribution in [1.29, 1.82) is 0 Å². The first kappa shape index (κ1) is 13.1. The van der Waals surface area contributed by atoms with Gasteiger partial charge in [-0.15, -0.1) is 11.3 Å². The lowest BCUT2D eigenvalue weighted by molar-refractivity contribution is 0.413. The Morgan fingerprint density at radius 1 is 1.35 bits per heavy atom. The number of fused-ring (bicyclic) bond motifs is 1. The highest BCUT2D eigenvalue weighted by atomic mass is 32.1. The van der Waals surface area contributed by atoms with Gasteiger partial charge in [0.05, 0.1) is 19.0 Å². The van der Waals surface area contributed by atoms with Crippen molar-refractivity contribution < 1.29 is 4.74 Å². The number of hydrogen-bond acceptors (Lipinski definition) is 5. The van der Waals surface area contributed by atoms with Crippen LogP contribution < -0.4 is 10.2 Å². The lowest BCUT2D eigenvalue weighted by atomic mass is 10.1. The van der Waals surface area contributed by atoms with Crippen LogP contribution in [0.15, 0.2) is 22.6 Å². The minimum atomic E-state index is 0.805. The molecule has 1 N–H and O–H groups in total. The van der Waals surface area contributed by atoms with Crippen molar-refractivity contribution in [3.8, 4) is 5.75 Å². The molecule has 20 heavy (non-hydrogen) atoms. The summed E-state index contributed by atoms with van der Waals surface area (Å²) in [6.07, 6.45) is 5.34. The highest BCUT2D eigenvalue weighted by Gasteiger charge is 2.14. The summed E-state index contributed by atoms with van der Waals surface area (Å²) in [4.78, 5) is 4.30. The van der Waals surface area contributed by atoms with Gasteiger partial charge in [0.25, 0.3) is 0 Å². The van der Waals surface area contributed by atoms with E-state index in [1.165, 1.54) is 17.5 Å². The Morgan fingerprint density at radius 3 is 2.85 bits per heavy atom. The number of hydrazone groups is 1. The molecule has 0 radical (unpaired) electrons. The van der Waals surface area contributed by atoms with Crippen molar-refractivity contribution in [2.24, 2.45) is 5.10 Å². The van der Waals surface area contributed by atoms with E-state index < -0.39 is 0 Å². The van der Waals surface area contributed by atoms with E-state index in [4.69, 9.17) is 4.74 Å². The number of hydrogen-bond donors (Lipinski definition) is 1. The highest BCUT2D eigenvalue weighted by Crippen LogP contribution is 2.29. The summed E-state index contributed by atoms with van der Waals surface area (Å²) in [5.74, 6) is 0.881. The molecule has 2 aromatic rings. The Morgan fingerprint density at radius 2 is 2.15 bits per heavy atom. The second kappa shape index (κ2) is 5.63. The van der Waals surface area contributed by atoms with Gasteiger partial charge in [-0.1, -0.05) is 0 Å². The monoisotopic (exact) mass is 287 g/mol. The van der Waals surface area contributed by atoms with Gasteiger partial charge >= 0.3 is 0 Å². The van der Waals surface area contributed by atoms with E-state index in [1.807, 2.05) is 12.3 Å². The van der Waals surface area contributed by atoms with Gasteiger partial charge in [-0.25, -0.2) is 4.98 Å². The molecule has 0 atom stereocenters. The average Bonchev–Trinajstić information content (AvgIpc) is 3.06. The zero-order valence-corrected chi connectivity index (χ0v) is 12.5. The lowest BCUT2D eigenvalue weighted by Gasteiger charge is -2.08. The number of aromatic nitrogens is 1. The third-order valence-electron chi connectivity index (χ3n) is 3.43. The van der Waals surface area contributed by atoms with Crippen molar-refractivity contribution in [1.82, 2.24) is 4.98 Å². The third-order valence-corrected chi connectivity index (χ3v) is 4.29. The van der Waals surface area contributed by atoms with Crippen LogP contribution in [-0.2, 0) is 12.8 Å². The van der Waals surface area contributed by atoms with Gasteiger partial charge in [0, 0.05) is 10.9 Å². The Labute approximate surface area is 122 Å². The molecular formula is C15H17N3OS. The number of anilines is 1. The van der Waals surface area contributed by atoms with Gasteiger partial charge in [0.2, 0.25) is 5.13 Å².